The fraction of sp³-hybridized carbons (Fsp3) is 0.556. The Morgan fingerprint density at radius 3 is 2.60 bits per heavy atom. The van der Waals surface area contributed by atoms with Crippen LogP contribution in [0.5, 0.6) is 0 Å². The van der Waals surface area contributed by atoms with Gasteiger partial charge in [0.2, 0.25) is 0 Å². The van der Waals surface area contributed by atoms with Gasteiger partial charge in [-0.05, 0) is 24.1 Å². The highest BCUT2D eigenvalue weighted by Crippen LogP contribution is 2.13. The van der Waals surface area contributed by atoms with Crippen molar-refractivity contribution in [1.29, 1.82) is 0 Å². The molecule has 0 spiro atoms. The van der Waals surface area contributed by atoms with Crippen LogP contribution in [-0.4, -0.2) is 7.05 Å². The third-order valence-electron chi connectivity index (χ3n) is 1.73. The Bertz CT molecular complexity index is 125. The monoisotopic (exact) mass is 139 g/mol. The molecule has 0 aromatic heterocycles. The lowest BCUT2D eigenvalue weighted by Gasteiger charge is -2.08. The normalized spacial score (nSPS) is 14.5. The summed E-state index contributed by atoms with van der Waals surface area (Å²) in [6, 6.07) is 0. The minimum absolute atomic E-state index is 0.616. The van der Waals surface area contributed by atoms with Crippen molar-refractivity contribution in [1.82, 2.24) is 5.32 Å². The van der Waals surface area contributed by atoms with Gasteiger partial charge < -0.3 is 5.32 Å². The van der Waals surface area contributed by atoms with Crippen molar-refractivity contribution >= 4 is 0 Å². The van der Waals surface area contributed by atoms with Gasteiger partial charge in [-0.2, -0.15) is 0 Å². The Labute approximate surface area is 63.8 Å². The van der Waals surface area contributed by atoms with E-state index in [1.54, 1.807) is 0 Å². The van der Waals surface area contributed by atoms with Crippen molar-refractivity contribution in [2.24, 2.45) is 5.92 Å². The second kappa shape index (κ2) is 5.10. The van der Waals surface area contributed by atoms with Crippen LogP contribution in [0.3, 0.4) is 0 Å². The summed E-state index contributed by atoms with van der Waals surface area (Å²) in [5.74, 6) is 0.616. The lowest BCUT2D eigenvalue weighted by molar-refractivity contribution is 0.665. The van der Waals surface area contributed by atoms with Crippen LogP contribution in [0.25, 0.3) is 0 Å². The Balaban J connectivity index is 4.05. The van der Waals surface area contributed by atoms with E-state index < -0.39 is 0 Å². The maximum absolute atomic E-state index is 3.74. The highest BCUT2D eigenvalue weighted by atomic mass is 14.8. The Morgan fingerprint density at radius 1 is 1.70 bits per heavy atom. The fourth-order valence-corrected chi connectivity index (χ4v) is 0.805. The zero-order valence-corrected chi connectivity index (χ0v) is 7.15. The highest BCUT2D eigenvalue weighted by Gasteiger charge is 2.00. The van der Waals surface area contributed by atoms with Crippen LogP contribution in [0.2, 0.25) is 0 Å². The second-order valence-corrected chi connectivity index (χ2v) is 2.45. The second-order valence-electron chi connectivity index (χ2n) is 2.45. The van der Waals surface area contributed by atoms with Crippen LogP contribution in [-0.2, 0) is 0 Å². The van der Waals surface area contributed by atoms with E-state index in [0.29, 0.717) is 5.92 Å². The molecule has 1 heteroatoms. The van der Waals surface area contributed by atoms with E-state index in [1.165, 1.54) is 12.0 Å². The first-order valence-electron chi connectivity index (χ1n) is 3.76. The average molecular weight is 139 g/mol. The van der Waals surface area contributed by atoms with Gasteiger partial charge in [-0.1, -0.05) is 26.5 Å². The maximum Gasteiger partial charge on any atom is 0.00278 e. The average Bonchev–Trinajstić information content (AvgIpc) is 1.99. The summed E-state index contributed by atoms with van der Waals surface area (Å²) in [5, 5.41) is 3.00. The molecular formula is C9H17N. The first-order chi connectivity index (χ1) is 4.76. The summed E-state index contributed by atoms with van der Waals surface area (Å²) in [4.78, 5) is 0. The summed E-state index contributed by atoms with van der Waals surface area (Å²) in [7, 11) is 1.91. The minimum Gasteiger partial charge on any atom is -0.394 e. The van der Waals surface area contributed by atoms with Crippen LogP contribution in [0.4, 0.5) is 0 Å². The number of allylic oxidation sites excluding steroid dienone is 2. The van der Waals surface area contributed by atoms with Crippen LogP contribution in [0, 0.1) is 5.92 Å². The van der Waals surface area contributed by atoms with Gasteiger partial charge >= 0.3 is 0 Å². The number of rotatable bonds is 4. The summed E-state index contributed by atoms with van der Waals surface area (Å²) in [6.07, 6.45) is 5.07. The minimum atomic E-state index is 0.616. The lowest BCUT2D eigenvalue weighted by Crippen LogP contribution is -2.01. The van der Waals surface area contributed by atoms with Gasteiger partial charge in [0.15, 0.2) is 0 Å². The lowest BCUT2D eigenvalue weighted by atomic mass is 10.00. The number of hydrogen-bond acceptors (Lipinski definition) is 1. The Kier molecular flexibility index (Phi) is 4.73. The molecule has 1 nitrogen and oxygen atoms in total. The van der Waals surface area contributed by atoms with Crippen molar-refractivity contribution in [2.45, 2.75) is 20.3 Å². The van der Waals surface area contributed by atoms with E-state index >= 15 is 0 Å². The van der Waals surface area contributed by atoms with Gasteiger partial charge in [-0.15, -0.1) is 0 Å². The molecule has 0 saturated carbocycles. The van der Waals surface area contributed by atoms with E-state index in [4.69, 9.17) is 0 Å². The molecule has 0 heterocycles. The number of nitrogens with one attached hydrogen (secondary N) is 1. The molecule has 0 aliphatic heterocycles. The van der Waals surface area contributed by atoms with Crippen LogP contribution >= 0.6 is 0 Å². The highest BCUT2D eigenvalue weighted by molar-refractivity contribution is 5.17. The smallest absolute Gasteiger partial charge is 0.00278 e. The summed E-state index contributed by atoms with van der Waals surface area (Å²) in [6.45, 7) is 8.12. The molecule has 0 radical (unpaired) electrons. The van der Waals surface area contributed by atoms with E-state index in [2.05, 4.69) is 25.7 Å². The molecule has 1 atom stereocenters. The van der Waals surface area contributed by atoms with Crippen molar-refractivity contribution in [3.8, 4) is 0 Å². The molecule has 0 aromatic rings. The van der Waals surface area contributed by atoms with Gasteiger partial charge in [0.25, 0.3) is 0 Å². The molecule has 0 fully saturated rings. The van der Waals surface area contributed by atoms with Gasteiger partial charge in [0.1, 0.15) is 0 Å². The van der Waals surface area contributed by atoms with E-state index in [0.717, 1.165) is 0 Å². The number of hydrogen-bond donors (Lipinski definition) is 1. The molecule has 0 amide bonds. The maximum atomic E-state index is 3.74. The van der Waals surface area contributed by atoms with Crippen LogP contribution < -0.4 is 5.32 Å². The molecule has 0 aromatic carbocycles. The molecule has 0 aliphatic rings. The first kappa shape index (κ1) is 9.28. The van der Waals surface area contributed by atoms with Gasteiger partial charge in [-0.3, -0.25) is 0 Å². The SMILES string of the molecule is C=CC(=CNC)C(C)CC. The van der Waals surface area contributed by atoms with Crippen molar-refractivity contribution in [3.05, 3.63) is 24.4 Å². The largest absolute Gasteiger partial charge is 0.394 e. The van der Waals surface area contributed by atoms with Gasteiger partial charge in [0, 0.05) is 7.05 Å². The van der Waals surface area contributed by atoms with Crippen LogP contribution in [0.1, 0.15) is 20.3 Å². The fourth-order valence-electron chi connectivity index (χ4n) is 0.805. The molecule has 10 heavy (non-hydrogen) atoms. The van der Waals surface area contributed by atoms with Crippen molar-refractivity contribution < 1.29 is 0 Å². The topological polar surface area (TPSA) is 12.0 Å². The Morgan fingerprint density at radius 2 is 2.30 bits per heavy atom. The molecular weight excluding hydrogens is 122 g/mol. The summed E-state index contributed by atoms with van der Waals surface area (Å²) < 4.78 is 0. The van der Waals surface area contributed by atoms with Gasteiger partial charge in [0.05, 0.1) is 0 Å². The molecule has 58 valence electrons. The molecule has 0 saturated heterocycles. The third kappa shape index (κ3) is 2.72. The molecule has 1 N–H and O–H groups in total. The quantitative estimate of drug-likeness (QED) is 0.589. The Hall–Kier alpha value is -0.720. The summed E-state index contributed by atoms with van der Waals surface area (Å²) in [5.41, 5.74) is 1.28. The molecule has 0 bridgehead atoms. The van der Waals surface area contributed by atoms with Gasteiger partial charge in [-0.25, -0.2) is 0 Å². The zero-order valence-electron chi connectivity index (χ0n) is 7.15. The van der Waals surface area contributed by atoms with E-state index in [9.17, 15) is 0 Å². The molecule has 0 aliphatic carbocycles. The first-order valence-corrected chi connectivity index (χ1v) is 3.76. The van der Waals surface area contributed by atoms with E-state index in [-0.39, 0.29) is 0 Å². The third-order valence-corrected chi connectivity index (χ3v) is 1.73. The van der Waals surface area contributed by atoms with Crippen molar-refractivity contribution in [2.75, 3.05) is 7.05 Å². The summed E-state index contributed by atoms with van der Waals surface area (Å²) >= 11 is 0. The molecule has 1 unspecified atom stereocenters. The zero-order chi connectivity index (χ0) is 7.98. The molecule has 0 rings (SSSR count). The standard InChI is InChI=1S/C9H17N/c1-5-8(3)9(6-2)7-10-4/h6-8,10H,2,5H2,1,3-4H3. The van der Waals surface area contributed by atoms with Crippen molar-refractivity contribution in [3.63, 3.8) is 0 Å². The van der Waals surface area contributed by atoms with E-state index in [1.807, 2.05) is 19.3 Å². The predicted molar refractivity (Wildman–Crippen MR) is 46.8 cm³/mol. The van der Waals surface area contributed by atoms with Crippen LogP contribution in [0.15, 0.2) is 24.4 Å². The predicted octanol–water partition coefficient (Wildman–Crippen LogP) is 2.32.